The molecule has 0 unspecified atom stereocenters. The summed E-state index contributed by atoms with van der Waals surface area (Å²) in [4.78, 5) is 11.9. The van der Waals surface area contributed by atoms with Gasteiger partial charge in [-0.15, -0.1) is 0 Å². The first-order chi connectivity index (χ1) is 10.3. The van der Waals surface area contributed by atoms with Crippen LogP contribution < -0.4 is 4.74 Å². The lowest BCUT2D eigenvalue weighted by Crippen LogP contribution is -2.11. The molecule has 0 aromatic heterocycles. The number of carbonyl (C=O) groups excluding carboxylic acids is 1. The Hall–Kier alpha value is -1.80. The van der Waals surface area contributed by atoms with Crippen LogP contribution in [0.15, 0.2) is 48.5 Å². The van der Waals surface area contributed by atoms with E-state index in [2.05, 4.69) is 45.0 Å². The highest BCUT2D eigenvalue weighted by Gasteiger charge is 2.13. The SMILES string of the molecule is CC(C)(C)c1ccc(CCC(=O)Oc2cccc(Cl)c2)cc1. The molecule has 0 spiro atoms. The Balaban J connectivity index is 1.88. The van der Waals surface area contributed by atoms with Crippen molar-refractivity contribution in [2.45, 2.75) is 39.0 Å². The van der Waals surface area contributed by atoms with Gasteiger partial charge in [0, 0.05) is 11.4 Å². The minimum atomic E-state index is -0.248. The molecule has 0 N–H and O–H groups in total. The number of rotatable bonds is 4. The van der Waals surface area contributed by atoms with Gasteiger partial charge in [0.15, 0.2) is 0 Å². The molecule has 0 heterocycles. The lowest BCUT2D eigenvalue weighted by atomic mass is 9.86. The van der Waals surface area contributed by atoms with E-state index in [1.807, 2.05) is 0 Å². The van der Waals surface area contributed by atoms with Crippen LogP contribution in [0.1, 0.15) is 38.3 Å². The first-order valence-electron chi connectivity index (χ1n) is 7.40. The molecule has 0 fully saturated rings. The van der Waals surface area contributed by atoms with E-state index in [1.165, 1.54) is 5.56 Å². The van der Waals surface area contributed by atoms with Crippen molar-refractivity contribution >= 4 is 17.6 Å². The summed E-state index contributed by atoms with van der Waals surface area (Å²) >= 11 is 5.86. The standard InChI is InChI=1S/C19H21ClO2/c1-19(2,3)15-10-7-14(8-11-15)9-12-18(21)22-17-6-4-5-16(20)13-17/h4-8,10-11,13H,9,12H2,1-3H3. The fourth-order valence-corrected chi connectivity index (χ4v) is 2.31. The smallest absolute Gasteiger partial charge is 0.311 e. The Morgan fingerprint density at radius 1 is 1.09 bits per heavy atom. The summed E-state index contributed by atoms with van der Waals surface area (Å²) in [7, 11) is 0. The zero-order valence-corrected chi connectivity index (χ0v) is 14.0. The Morgan fingerprint density at radius 3 is 2.36 bits per heavy atom. The first-order valence-corrected chi connectivity index (χ1v) is 7.78. The van der Waals surface area contributed by atoms with Crippen molar-refractivity contribution in [1.82, 2.24) is 0 Å². The zero-order valence-electron chi connectivity index (χ0n) is 13.2. The van der Waals surface area contributed by atoms with Crippen molar-refractivity contribution in [1.29, 1.82) is 0 Å². The molecule has 0 atom stereocenters. The second-order valence-electron chi connectivity index (χ2n) is 6.38. The minimum Gasteiger partial charge on any atom is -0.426 e. The quantitative estimate of drug-likeness (QED) is 0.574. The highest BCUT2D eigenvalue weighted by atomic mass is 35.5. The molecule has 22 heavy (non-hydrogen) atoms. The van der Waals surface area contributed by atoms with Gasteiger partial charge in [0.25, 0.3) is 0 Å². The summed E-state index contributed by atoms with van der Waals surface area (Å²) < 4.78 is 5.27. The molecule has 2 aromatic rings. The molecule has 0 aliphatic heterocycles. The summed E-state index contributed by atoms with van der Waals surface area (Å²) in [6.45, 7) is 6.55. The lowest BCUT2D eigenvalue weighted by molar-refractivity contribution is -0.134. The monoisotopic (exact) mass is 316 g/mol. The molecule has 2 nitrogen and oxygen atoms in total. The lowest BCUT2D eigenvalue weighted by Gasteiger charge is -2.19. The van der Waals surface area contributed by atoms with Gasteiger partial charge in [-0.1, -0.05) is 62.7 Å². The number of benzene rings is 2. The van der Waals surface area contributed by atoms with Gasteiger partial charge in [-0.05, 0) is 41.2 Å². The van der Waals surface area contributed by atoms with Crippen LogP contribution in [0.3, 0.4) is 0 Å². The van der Waals surface area contributed by atoms with E-state index in [1.54, 1.807) is 24.3 Å². The van der Waals surface area contributed by atoms with Crippen molar-refractivity contribution < 1.29 is 9.53 Å². The molecule has 116 valence electrons. The Labute approximate surface area is 137 Å². The molecule has 0 saturated carbocycles. The van der Waals surface area contributed by atoms with Crippen LogP contribution in [-0.4, -0.2) is 5.97 Å². The van der Waals surface area contributed by atoms with Crippen LogP contribution in [-0.2, 0) is 16.6 Å². The van der Waals surface area contributed by atoms with Crippen molar-refractivity contribution in [3.05, 3.63) is 64.7 Å². The molecule has 2 aromatic carbocycles. The maximum atomic E-state index is 11.9. The maximum Gasteiger partial charge on any atom is 0.311 e. The second kappa shape index (κ2) is 6.97. The van der Waals surface area contributed by atoms with E-state index < -0.39 is 0 Å². The van der Waals surface area contributed by atoms with Crippen molar-refractivity contribution in [2.24, 2.45) is 0 Å². The topological polar surface area (TPSA) is 26.3 Å². The van der Waals surface area contributed by atoms with Gasteiger partial charge >= 0.3 is 5.97 Å². The van der Waals surface area contributed by atoms with Gasteiger partial charge in [0.2, 0.25) is 0 Å². The van der Waals surface area contributed by atoms with Crippen LogP contribution >= 0.6 is 11.6 Å². The van der Waals surface area contributed by atoms with E-state index in [-0.39, 0.29) is 11.4 Å². The Morgan fingerprint density at radius 2 is 1.77 bits per heavy atom. The van der Waals surface area contributed by atoms with Crippen LogP contribution in [0.2, 0.25) is 5.02 Å². The molecule has 0 amide bonds. The number of hydrogen-bond acceptors (Lipinski definition) is 2. The average Bonchev–Trinajstić information content (AvgIpc) is 2.45. The summed E-state index contributed by atoms with van der Waals surface area (Å²) in [5.41, 5.74) is 2.57. The van der Waals surface area contributed by atoms with Gasteiger partial charge in [0.05, 0.1) is 0 Å². The number of esters is 1. The summed E-state index contributed by atoms with van der Waals surface area (Å²) in [5.74, 6) is 0.239. The predicted molar refractivity (Wildman–Crippen MR) is 90.6 cm³/mol. The molecule has 0 aliphatic carbocycles. The third-order valence-corrected chi connectivity index (χ3v) is 3.70. The molecule has 0 bridgehead atoms. The molecule has 3 heteroatoms. The summed E-state index contributed by atoms with van der Waals surface area (Å²) in [6, 6.07) is 15.3. The Bertz CT molecular complexity index is 639. The van der Waals surface area contributed by atoms with Crippen LogP contribution in [0, 0.1) is 0 Å². The number of carbonyl (C=O) groups is 1. The molecule has 0 saturated heterocycles. The second-order valence-corrected chi connectivity index (χ2v) is 6.81. The first kappa shape index (κ1) is 16.6. The molecular formula is C19H21ClO2. The Kier molecular flexibility index (Phi) is 5.25. The van der Waals surface area contributed by atoms with E-state index in [0.717, 1.165) is 5.56 Å². The fourth-order valence-electron chi connectivity index (χ4n) is 2.13. The molecule has 0 aliphatic rings. The van der Waals surface area contributed by atoms with Gasteiger partial charge in [0.1, 0.15) is 5.75 Å². The molecular weight excluding hydrogens is 296 g/mol. The van der Waals surface area contributed by atoms with Gasteiger partial charge < -0.3 is 4.74 Å². The number of hydrogen-bond donors (Lipinski definition) is 0. The molecule has 0 radical (unpaired) electrons. The number of halogens is 1. The van der Waals surface area contributed by atoms with Crippen LogP contribution in [0.5, 0.6) is 5.75 Å². The average molecular weight is 317 g/mol. The number of aryl methyl sites for hydroxylation is 1. The fraction of sp³-hybridized carbons (Fsp3) is 0.316. The molecule has 2 rings (SSSR count). The zero-order chi connectivity index (χ0) is 16.2. The van der Waals surface area contributed by atoms with E-state index >= 15 is 0 Å². The number of ether oxygens (including phenoxy) is 1. The van der Waals surface area contributed by atoms with Crippen molar-refractivity contribution in [3.63, 3.8) is 0 Å². The highest BCUT2D eigenvalue weighted by Crippen LogP contribution is 2.22. The minimum absolute atomic E-state index is 0.143. The van der Waals surface area contributed by atoms with Crippen molar-refractivity contribution in [2.75, 3.05) is 0 Å². The third kappa shape index (κ3) is 4.88. The predicted octanol–water partition coefficient (Wildman–Crippen LogP) is 5.18. The van der Waals surface area contributed by atoms with Gasteiger partial charge in [-0.25, -0.2) is 0 Å². The maximum absolute atomic E-state index is 11.9. The normalized spacial score (nSPS) is 11.3. The van der Waals surface area contributed by atoms with E-state index in [4.69, 9.17) is 16.3 Å². The van der Waals surface area contributed by atoms with E-state index in [0.29, 0.717) is 23.6 Å². The van der Waals surface area contributed by atoms with Gasteiger partial charge in [-0.2, -0.15) is 0 Å². The largest absolute Gasteiger partial charge is 0.426 e. The summed E-state index contributed by atoms with van der Waals surface area (Å²) in [6.07, 6.45) is 1.02. The summed E-state index contributed by atoms with van der Waals surface area (Å²) in [5, 5.41) is 0.558. The third-order valence-electron chi connectivity index (χ3n) is 3.47. The van der Waals surface area contributed by atoms with Crippen molar-refractivity contribution in [3.8, 4) is 5.75 Å². The van der Waals surface area contributed by atoms with Crippen LogP contribution in [0.25, 0.3) is 0 Å². The van der Waals surface area contributed by atoms with Gasteiger partial charge in [-0.3, -0.25) is 4.79 Å². The highest BCUT2D eigenvalue weighted by molar-refractivity contribution is 6.30. The van der Waals surface area contributed by atoms with E-state index in [9.17, 15) is 4.79 Å². The van der Waals surface area contributed by atoms with Crippen LogP contribution in [0.4, 0.5) is 0 Å².